The highest BCUT2D eigenvalue weighted by Gasteiger charge is 2.46. The van der Waals surface area contributed by atoms with Crippen LogP contribution in [0, 0.1) is 0 Å². The molecule has 0 radical (unpaired) electrons. The van der Waals surface area contributed by atoms with Gasteiger partial charge >= 0.3 is 0 Å². The normalized spacial score (nSPS) is 21.6. The molecule has 1 fully saturated rings. The fourth-order valence-corrected chi connectivity index (χ4v) is 4.85. The summed E-state index contributed by atoms with van der Waals surface area (Å²) in [6.07, 6.45) is 2.93. The summed E-state index contributed by atoms with van der Waals surface area (Å²) in [5.74, 6) is 1.14. The van der Waals surface area contributed by atoms with Gasteiger partial charge in [0, 0.05) is 68.4 Å². The third-order valence-corrected chi connectivity index (χ3v) is 6.27. The third-order valence-electron chi connectivity index (χ3n) is 6.04. The number of anilines is 1. The van der Waals surface area contributed by atoms with Crippen LogP contribution in [0.3, 0.4) is 0 Å². The van der Waals surface area contributed by atoms with Crippen molar-refractivity contribution in [3.63, 3.8) is 0 Å². The molecule has 2 N–H and O–H groups in total. The number of nitrogens with zero attached hydrogens (tertiary/aromatic N) is 3. The van der Waals surface area contributed by atoms with Crippen molar-refractivity contribution in [3.8, 4) is 0 Å². The Bertz CT molecular complexity index is 791. The van der Waals surface area contributed by atoms with E-state index in [9.17, 15) is 4.79 Å². The van der Waals surface area contributed by atoms with Crippen LogP contribution in [0.4, 0.5) is 5.69 Å². The number of amides is 1. The van der Waals surface area contributed by atoms with Crippen LogP contribution in [0.25, 0.3) is 0 Å². The standard InChI is InChI=1S/C21H30ClN5O2/c1-15(14-29-2)24-19(28)13-26-10-6-21(7-11-26)25-18-12-16(22)4-5-17(18)20-23-8-3-9-27(20)21/h4-5,12,15,25H,3,6-11,13-14H2,1-2H3,(H,24,28)/t15-/m0/s1. The number of nitrogens with one attached hydrogen (secondary N) is 2. The molecule has 0 unspecified atom stereocenters. The van der Waals surface area contributed by atoms with Crippen molar-refractivity contribution in [1.29, 1.82) is 0 Å². The first-order valence-corrected chi connectivity index (χ1v) is 10.8. The SMILES string of the molecule is COC[C@H](C)NC(=O)CN1CCC2(CC1)Nc1cc(Cl)ccc1C1=NCCCN12. The first-order valence-electron chi connectivity index (χ1n) is 10.4. The summed E-state index contributed by atoms with van der Waals surface area (Å²) < 4.78 is 5.09. The molecule has 4 rings (SSSR count). The number of carbonyl (C=O) groups is 1. The second-order valence-electron chi connectivity index (χ2n) is 8.26. The van der Waals surface area contributed by atoms with Crippen LogP contribution in [0.2, 0.25) is 5.02 Å². The molecule has 158 valence electrons. The summed E-state index contributed by atoms with van der Waals surface area (Å²) >= 11 is 6.27. The number of rotatable bonds is 5. The highest BCUT2D eigenvalue weighted by molar-refractivity contribution is 6.31. The van der Waals surface area contributed by atoms with Crippen molar-refractivity contribution >= 4 is 29.0 Å². The fraction of sp³-hybridized carbons (Fsp3) is 0.619. The maximum atomic E-state index is 12.3. The summed E-state index contributed by atoms with van der Waals surface area (Å²) in [7, 11) is 1.65. The number of hydrogen-bond acceptors (Lipinski definition) is 6. The smallest absolute Gasteiger partial charge is 0.234 e. The lowest BCUT2D eigenvalue weighted by atomic mass is 9.89. The van der Waals surface area contributed by atoms with Crippen molar-refractivity contribution in [2.75, 3.05) is 51.8 Å². The Labute approximate surface area is 177 Å². The monoisotopic (exact) mass is 419 g/mol. The fourth-order valence-electron chi connectivity index (χ4n) is 4.68. The average Bonchev–Trinajstić information content (AvgIpc) is 2.70. The van der Waals surface area contributed by atoms with Crippen LogP contribution in [0.5, 0.6) is 0 Å². The molecule has 0 aliphatic carbocycles. The molecular formula is C21H30ClN5O2. The minimum atomic E-state index is -0.159. The number of halogens is 1. The maximum Gasteiger partial charge on any atom is 0.234 e. The van der Waals surface area contributed by atoms with E-state index in [4.69, 9.17) is 21.3 Å². The van der Waals surface area contributed by atoms with Crippen LogP contribution >= 0.6 is 11.6 Å². The molecule has 1 atom stereocenters. The number of hydrogen-bond donors (Lipinski definition) is 2. The molecule has 1 spiro atoms. The van der Waals surface area contributed by atoms with Crippen LogP contribution in [0.15, 0.2) is 23.2 Å². The topological polar surface area (TPSA) is 69.2 Å². The number of likely N-dealkylation sites (tertiary alicyclic amines) is 1. The molecule has 7 nitrogen and oxygen atoms in total. The Hall–Kier alpha value is -1.83. The molecule has 1 amide bonds. The first kappa shape index (κ1) is 20.4. The zero-order valence-electron chi connectivity index (χ0n) is 17.2. The van der Waals surface area contributed by atoms with E-state index < -0.39 is 0 Å². The Morgan fingerprint density at radius 2 is 2.17 bits per heavy atom. The molecule has 3 aliphatic rings. The number of methoxy groups -OCH3 is 1. The Morgan fingerprint density at radius 1 is 1.38 bits per heavy atom. The average molecular weight is 420 g/mol. The molecule has 0 saturated carbocycles. The molecule has 1 aromatic rings. The van der Waals surface area contributed by atoms with Crippen molar-refractivity contribution in [2.45, 2.75) is 37.9 Å². The van der Waals surface area contributed by atoms with Gasteiger partial charge in [0.25, 0.3) is 0 Å². The number of piperidine rings is 1. The lowest BCUT2D eigenvalue weighted by molar-refractivity contribution is -0.123. The minimum absolute atomic E-state index is 0.0250. The van der Waals surface area contributed by atoms with Gasteiger partial charge in [0.15, 0.2) is 0 Å². The summed E-state index contributed by atoms with van der Waals surface area (Å²) in [5, 5.41) is 7.52. The quantitative estimate of drug-likeness (QED) is 0.765. The number of fused-ring (bicyclic) bond motifs is 4. The van der Waals surface area contributed by atoms with Crippen molar-refractivity contribution in [1.82, 2.24) is 15.1 Å². The van der Waals surface area contributed by atoms with Gasteiger partial charge in [0.05, 0.1) is 13.2 Å². The molecular weight excluding hydrogens is 390 g/mol. The molecule has 0 aromatic heterocycles. The molecule has 0 bridgehead atoms. The first-order chi connectivity index (χ1) is 14.0. The molecule has 29 heavy (non-hydrogen) atoms. The van der Waals surface area contributed by atoms with Crippen molar-refractivity contribution in [2.24, 2.45) is 4.99 Å². The zero-order chi connectivity index (χ0) is 20.4. The van der Waals surface area contributed by atoms with E-state index in [0.717, 1.165) is 67.6 Å². The van der Waals surface area contributed by atoms with Crippen molar-refractivity contribution in [3.05, 3.63) is 28.8 Å². The van der Waals surface area contributed by atoms with E-state index >= 15 is 0 Å². The summed E-state index contributed by atoms with van der Waals surface area (Å²) in [4.78, 5) is 21.9. The molecule has 1 saturated heterocycles. The van der Waals surface area contributed by atoms with Gasteiger partial charge in [-0.3, -0.25) is 14.7 Å². The zero-order valence-corrected chi connectivity index (χ0v) is 18.0. The van der Waals surface area contributed by atoms with Gasteiger partial charge in [-0.1, -0.05) is 11.6 Å². The predicted molar refractivity (Wildman–Crippen MR) is 116 cm³/mol. The van der Waals surface area contributed by atoms with E-state index in [2.05, 4.69) is 26.5 Å². The number of benzene rings is 1. The van der Waals surface area contributed by atoms with Crippen LogP contribution < -0.4 is 10.6 Å². The number of ether oxygens (including phenoxy) is 1. The lowest BCUT2D eigenvalue weighted by Crippen LogP contribution is -2.65. The summed E-state index contributed by atoms with van der Waals surface area (Å²) in [6, 6.07) is 6.03. The van der Waals surface area contributed by atoms with Crippen LogP contribution in [0.1, 0.15) is 31.7 Å². The molecule has 1 aromatic carbocycles. The molecule has 8 heteroatoms. The Morgan fingerprint density at radius 3 is 2.93 bits per heavy atom. The number of amidine groups is 1. The lowest BCUT2D eigenvalue weighted by Gasteiger charge is -2.54. The van der Waals surface area contributed by atoms with Gasteiger partial charge in [-0.2, -0.15) is 0 Å². The number of carbonyl (C=O) groups excluding carboxylic acids is 1. The van der Waals surface area contributed by atoms with Gasteiger partial charge in [-0.15, -0.1) is 0 Å². The van der Waals surface area contributed by atoms with E-state index in [-0.39, 0.29) is 17.6 Å². The maximum absolute atomic E-state index is 12.3. The molecule has 3 aliphatic heterocycles. The van der Waals surface area contributed by atoms with Crippen LogP contribution in [-0.4, -0.2) is 79.7 Å². The third kappa shape index (κ3) is 4.22. The Balaban J connectivity index is 1.45. The number of aliphatic imine (C=N–C) groups is 1. The highest BCUT2D eigenvalue weighted by Crippen LogP contribution is 2.40. The Kier molecular flexibility index (Phi) is 5.99. The van der Waals surface area contributed by atoms with Gasteiger partial charge < -0.3 is 20.3 Å². The largest absolute Gasteiger partial charge is 0.383 e. The highest BCUT2D eigenvalue weighted by atomic mass is 35.5. The predicted octanol–water partition coefficient (Wildman–Crippen LogP) is 2.16. The van der Waals surface area contributed by atoms with E-state index in [1.807, 2.05) is 19.1 Å². The second kappa shape index (κ2) is 8.50. The van der Waals surface area contributed by atoms with Gasteiger partial charge in [0.1, 0.15) is 11.5 Å². The van der Waals surface area contributed by atoms with Gasteiger partial charge in [0.2, 0.25) is 5.91 Å². The van der Waals surface area contributed by atoms with E-state index in [0.29, 0.717) is 13.2 Å². The summed E-state index contributed by atoms with van der Waals surface area (Å²) in [6.45, 7) is 6.50. The van der Waals surface area contributed by atoms with Gasteiger partial charge in [-0.05, 0) is 31.5 Å². The second-order valence-corrected chi connectivity index (χ2v) is 8.69. The van der Waals surface area contributed by atoms with Gasteiger partial charge in [-0.25, -0.2) is 0 Å². The van der Waals surface area contributed by atoms with Crippen LogP contribution in [-0.2, 0) is 9.53 Å². The minimum Gasteiger partial charge on any atom is -0.383 e. The van der Waals surface area contributed by atoms with Crippen molar-refractivity contribution < 1.29 is 9.53 Å². The summed E-state index contributed by atoms with van der Waals surface area (Å²) in [5.41, 5.74) is 2.04. The van der Waals surface area contributed by atoms with E-state index in [1.165, 1.54) is 0 Å². The van der Waals surface area contributed by atoms with E-state index in [1.54, 1.807) is 7.11 Å². The molecule has 3 heterocycles.